The Morgan fingerprint density at radius 1 is 1.12 bits per heavy atom. The van der Waals surface area contributed by atoms with Gasteiger partial charge in [-0.15, -0.1) is 11.3 Å². The Hall–Kier alpha value is -2.71. The van der Waals surface area contributed by atoms with Crippen LogP contribution in [0.3, 0.4) is 0 Å². The van der Waals surface area contributed by atoms with Gasteiger partial charge >= 0.3 is 0 Å². The van der Waals surface area contributed by atoms with Gasteiger partial charge in [0, 0.05) is 13.1 Å². The lowest BCUT2D eigenvalue weighted by Gasteiger charge is -2.26. The van der Waals surface area contributed by atoms with E-state index >= 15 is 0 Å². The lowest BCUT2D eigenvalue weighted by atomic mass is 9.99. The van der Waals surface area contributed by atoms with Crippen molar-refractivity contribution in [3.8, 4) is 0 Å². The van der Waals surface area contributed by atoms with E-state index in [1.807, 2.05) is 49.5 Å². The molecule has 8 heteroatoms. The zero-order valence-corrected chi connectivity index (χ0v) is 20.6. The molecule has 0 radical (unpaired) electrons. The van der Waals surface area contributed by atoms with E-state index in [-0.39, 0.29) is 24.5 Å². The van der Waals surface area contributed by atoms with Crippen molar-refractivity contribution in [1.29, 1.82) is 0 Å². The highest BCUT2D eigenvalue weighted by atomic mass is 35.5. The largest absolute Gasteiger partial charge is 0.374 e. The summed E-state index contributed by atoms with van der Waals surface area (Å²) in [5, 5.41) is 5.99. The molecule has 0 saturated heterocycles. The monoisotopic (exact) mass is 497 g/mol. The van der Waals surface area contributed by atoms with E-state index in [2.05, 4.69) is 27.7 Å². The minimum Gasteiger partial charge on any atom is -0.374 e. The van der Waals surface area contributed by atoms with Crippen molar-refractivity contribution in [1.82, 2.24) is 15.5 Å². The number of rotatable bonds is 8. The number of likely N-dealkylation sites (N-methyl/N-ethyl adjacent to an activating group) is 1. The van der Waals surface area contributed by atoms with Crippen LogP contribution in [-0.2, 0) is 22.6 Å². The van der Waals surface area contributed by atoms with Crippen molar-refractivity contribution >= 4 is 34.8 Å². The first-order valence-corrected chi connectivity index (χ1v) is 12.4. The molecule has 6 nitrogen and oxygen atoms in total. The molecule has 34 heavy (non-hydrogen) atoms. The first kappa shape index (κ1) is 24.4. The molecule has 0 saturated carbocycles. The Morgan fingerprint density at radius 2 is 1.88 bits per heavy atom. The van der Waals surface area contributed by atoms with Crippen LogP contribution in [0.4, 0.5) is 0 Å². The quantitative estimate of drug-likeness (QED) is 0.492. The van der Waals surface area contributed by atoms with Crippen molar-refractivity contribution in [3.63, 3.8) is 0 Å². The summed E-state index contributed by atoms with van der Waals surface area (Å²) in [5.41, 5.74) is 3.34. The topological polar surface area (TPSA) is 70.7 Å². The summed E-state index contributed by atoms with van der Waals surface area (Å²) in [7, 11) is 2.05. The van der Waals surface area contributed by atoms with Crippen LogP contribution in [0.5, 0.6) is 0 Å². The molecule has 178 valence electrons. The van der Waals surface area contributed by atoms with E-state index in [0.29, 0.717) is 22.4 Å². The zero-order valence-electron chi connectivity index (χ0n) is 19.0. The number of thiophene rings is 1. The van der Waals surface area contributed by atoms with Crippen molar-refractivity contribution in [2.24, 2.45) is 0 Å². The summed E-state index contributed by atoms with van der Waals surface area (Å²) in [6, 6.07) is 20.2. The molecular formula is C26H28ClN3O3S. The smallest absolute Gasteiger partial charge is 0.262 e. The van der Waals surface area contributed by atoms with Gasteiger partial charge in [-0.2, -0.15) is 0 Å². The molecule has 3 aromatic rings. The van der Waals surface area contributed by atoms with Crippen LogP contribution in [0.1, 0.15) is 32.4 Å². The molecule has 1 aliphatic rings. The molecule has 0 bridgehead atoms. The van der Waals surface area contributed by atoms with E-state index in [9.17, 15) is 9.59 Å². The number of carbonyl (C=O) groups is 2. The molecule has 2 heterocycles. The second-order valence-corrected chi connectivity index (χ2v) is 10.1. The zero-order chi connectivity index (χ0) is 23.9. The molecule has 1 unspecified atom stereocenters. The van der Waals surface area contributed by atoms with Crippen LogP contribution in [-0.4, -0.2) is 49.5 Å². The van der Waals surface area contributed by atoms with Crippen LogP contribution in [0.25, 0.3) is 0 Å². The number of carbonyl (C=O) groups excluding carboxylic acids is 2. The van der Waals surface area contributed by atoms with E-state index in [4.69, 9.17) is 16.3 Å². The van der Waals surface area contributed by atoms with E-state index in [1.165, 1.54) is 16.9 Å². The maximum absolute atomic E-state index is 13.4. The highest BCUT2D eigenvalue weighted by Gasteiger charge is 2.28. The minimum atomic E-state index is -0.849. The molecular weight excluding hydrogens is 470 g/mol. The summed E-state index contributed by atoms with van der Waals surface area (Å²) in [6.07, 6.45) is 0.929. The van der Waals surface area contributed by atoms with Crippen molar-refractivity contribution < 1.29 is 14.3 Å². The maximum atomic E-state index is 13.4. The highest BCUT2D eigenvalue weighted by molar-refractivity contribution is 7.18. The minimum absolute atomic E-state index is 0.0514. The van der Waals surface area contributed by atoms with Crippen molar-refractivity contribution in [2.45, 2.75) is 25.1 Å². The molecule has 0 fully saturated rings. The summed E-state index contributed by atoms with van der Waals surface area (Å²) < 4.78 is 6.36. The van der Waals surface area contributed by atoms with E-state index in [0.717, 1.165) is 24.1 Å². The van der Waals surface area contributed by atoms with Gasteiger partial charge in [0.15, 0.2) is 0 Å². The SMILES string of the molecule is CN1CCc2ccccc2C(NC(=O)[C@@H](COCc2ccccc2)NC(=O)c2ccc(Cl)s2)C1. The number of ether oxygens (including phenoxy) is 1. The van der Waals surface area contributed by atoms with Crippen LogP contribution in [0.2, 0.25) is 4.34 Å². The highest BCUT2D eigenvalue weighted by Crippen LogP contribution is 2.24. The van der Waals surface area contributed by atoms with Gasteiger partial charge in [0.1, 0.15) is 6.04 Å². The number of benzene rings is 2. The number of halogens is 1. The lowest BCUT2D eigenvalue weighted by Crippen LogP contribution is -2.51. The lowest BCUT2D eigenvalue weighted by molar-refractivity contribution is -0.125. The number of nitrogens with zero attached hydrogens (tertiary/aromatic N) is 1. The molecule has 1 aromatic heterocycles. The van der Waals surface area contributed by atoms with Gasteiger partial charge in [-0.05, 0) is 42.3 Å². The Morgan fingerprint density at radius 3 is 2.65 bits per heavy atom. The fourth-order valence-electron chi connectivity index (χ4n) is 4.03. The number of nitrogens with one attached hydrogen (secondary N) is 2. The molecule has 1 aliphatic heterocycles. The van der Waals surface area contributed by atoms with Gasteiger partial charge in [-0.25, -0.2) is 0 Å². The van der Waals surface area contributed by atoms with Gasteiger partial charge in [0.05, 0.1) is 28.5 Å². The first-order chi connectivity index (χ1) is 16.5. The third-order valence-corrected chi connectivity index (χ3v) is 7.05. The third-order valence-electron chi connectivity index (χ3n) is 5.82. The summed E-state index contributed by atoms with van der Waals surface area (Å²) in [4.78, 5) is 28.9. The van der Waals surface area contributed by atoms with E-state index < -0.39 is 6.04 Å². The van der Waals surface area contributed by atoms with Crippen molar-refractivity contribution in [3.05, 3.63) is 92.6 Å². The van der Waals surface area contributed by atoms with Crippen molar-refractivity contribution in [2.75, 3.05) is 26.7 Å². The van der Waals surface area contributed by atoms with Crippen LogP contribution >= 0.6 is 22.9 Å². The number of amides is 2. The van der Waals surface area contributed by atoms with Gasteiger partial charge in [0.25, 0.3) is 5.91 Å². The normalized spacial score (nSPS) is 16.8. The number of fused-ring (bicyclic) bond motifs is 1. The molecule has 0 spiro atoms. The first-order valence-electron chi connectivity index (χ1n) is 11.2. The fraction of sp³-hybridized carbons (Fsp3) is 0.308. The Labute approximate surface area is 208 Å². The predicted molar refractivity (Wildman–Crippen MR) is 135 cm³/mol. The Bertz CT molecular complexity index is 1120. The maximum Gasteiger partial charge on any atom is 0.262 e. The van der Waals surface area contributed by atoms with E-state index in [1.54, 1.807) is 12.1 Å². The molecule has 2 N–H and O–H groups in total. The number of hydrogen-bond donors (Lipinski definition) is 2. The molecule has 4 rings (SSSR count). The van der Waals surface area contributed by atoms with Gasteiger partial charge in [0.2, 0.25) is 5.91 Å². The second kappa shape index (κ2) is 11.6. The summed E-state index contributed by atoms with van der Waals surface area (Å²) in [5.74, 6) is -0.627. The Balaban J connectivity index is 1.48. The molecule has 2 aromatic carbocycles. The van der Waals surface area contributed by atoms with Crippen LogP contribution in [0.15, 0.2) is 66.7 Å². The standard InChI is InChI=1S/C26H28ClN3O3S/c1-30-14-13-19-9-5-6-10-20(19)21(15-30)28-25(31)22(17-33-16-18-7-3-2-4-8-18)29-26(32)23-11-12-24(27)34-23/h2-12,21-22H,13-17H2,1H3,(H,28,31)(H,29,32)/t21?,22-/m1/s1. The second-order valence-electron chi connectivity index (χ2n) is 8.40. The van der Waals surface area contributed by atoms with Crippen LogP contribution in [0, 0.1) is 0 Å². The summed E-state index contributed by atoms with van der Waals surface area (Å²) >= 11 is 7.16. The number of hydrogen-bond acceptors (Lipinski definition) is 5. The van der Waals surface area contributed by atoms with Gasteiger partial charge < -0.3 is 20.3 Å². The molecule has 2 amide bonds. The average Bonchev–Trinajstić information content (AvgIpc) is 3.22. The fourth-order valence-corrected chi connectivity index (χ4v) is 4.97. The van der Waals surface area contributed by atoms with Crippen LogP contribution < -0.4 is 10.6 Å². The molecule has 2 atom stereocenters. The Kier molecular flexibility index (Phi) is 8.34. The van der Waals surface area contributed by atoms with Gasteiger partial charge in [-0.3, -0.25) is 9.59 Å². The third kappa shape index (κ3) is 6.45. The molecule has 0 aliphatic carbocycles. The average molecular weight is 498 g/mol. The summed E-state index contributed by atoms with van der Waals surface area (Å²) in [6.45, 7) is 2.01. The predicted octanol–water partition coefficient (Wildman–Crippen LogP) is 4.06. The van der Waals surface area contributed by atoms with Gasteiger partial charge in [-0.1, -0.05) is 66.2 Å².